The van der Waals surface area contributed by atoms with Gasteiger partial charge in [-0.1, -0.05) is 30.3 Å². The molecular weight excluding hydrogens is 232 g/mol. The minimum absolute atomic E-state index is 0.205. The van der Waals surface area contributed by atoms with Crippen LogP contribution in [0.1, 0.15) is 19.4 Å². The molecule has 0 heterocycles. The molecule has 0 spiro atoms. The zero-order valence-corrected chi connectivity index (χ0v) is 10.5. The van der Waals surface area contributed by atoms with Crippen molar-refractivity contribution < 1.29 is 19.1 Å². The summed E-state index contributed by atoms with van der Waals surface area (Å²) < 4.78 is 9.72. The summed E-state index contributed by atoms with van der Waals surface area (Å²) in [4.78, 5) is 23.2. The molecular formula is C14H16O4. The average Bonchev–Trinajstić information content (AvgIpc) is 2.37. The van der Waals surface area contributed by atoms with E-state index in [-0.39, 0.29) is 18.8 Å². The van der Waals surface area contributed by atoms with Gasteiger partial charge in [-0.15, -0.1) is 0 Å². The van der Waals surface area contributed by atoms with Crippen molar-refractivity contribution in [1.82, 2.24) is 0 Å². The molecule has 0 saturated carbocycles. The molecule has 0 N–H and O–H groups in total. The summed E-state index contributed by atoms with van der Waals surface area (Å²) in [6, 6.07) is 8.88. The van der Waals surface area contributed by atoms with Crippen LogP contribution in [-0.2, 0) is 19.1 Å². The van der Waals surface area contributed by atoms with Crippen LogP contribution < -0.4 is 0 Å². The van der Waals surface area contributed by atoms with E-state index in [2.05, 4.69) is 0 Å². The number of hydrogen-bond donors (Lipinski definition) is 0. The summed E-state index contributed by atoms with van der Waals surface area (Å²) in [5.41, 5.74) is 0.833. The van der Waals surface area contributed by atoms with Gasteiger partial charge in [0.25, 0.3) is 0 Å². The number of ether oxygens (including phenoxy) is 2. The number of hydrogen-bond acceptors (Lipinski definition) is 4. The van der Waals surface area contributed by atoms with Crippen LogP contribution in [0.3, 0.4) is 0 Å². The third kappa shape index (κ3) is 4.05. The molecule has 0 amide bonds. The Morgan fingerprint density at radius 2 is 1.67 bits per heavy atom. The highest BCUT2D eigenvalue weighted by atomic mass is 16.5. The standard InChI is InChI=1S/C14H16O4/c1-3-17-13(15)10-12(14(16)18-4-2)11-8-6-5-7-9-11/h5-10H,3-4H2,1-2H3/b12-10-. The highest BCUT2D eigenvalue weighted by molar-refractivity contribution is 6.20. The first-order valence-corrected chi connectivity index (χ1v) is 5.80. The Labute approximate surface area is 106 Å². The molecule has 0 aliphatic carbocycles. The zero-order valence-electron chi connectivity index (χ0n) is 10.5. The van der Waals surface area contributed by atoms with Gasteiger partial charge in [-0.25, -0.2) is 9.59 Å². The lowest BCUT2D eigenvalue weighted by Gasteiger charge is -2.07. The van der Waals surface area contributed by atoms with Gasteiger partial charge in [0.05, 0.1) is 18.8 Å². The number of rotatable bonds is 5. The van der Waals surface area contributed by atoms with Gasteiger partial charge in [0.15, 0.2) is 0 Å². The number of carbonyl (C=O) groups is 2. The van der Waals surface area contributed by atoms with Gasteiger partial charge in [-0.3, -0.25) is 0 Å². The predicted molar refractivity (Wildman–Crippen MR) is 67.7 cm³/mol. The third-order valence-electron chi connectivity index (χ3n) is 2.13. The van der Waals surface area contributed by atoms with E-state index in [1.165, 1.54) is 0 Å². The van der Waals surface area contributed by atoms with Gasteiger partial charge in [-0.05, 0) is 19.4 Å². The van der Waals surface area contributed by atoms with Crippen LogP contribution in [0.5, 0.6) is 0 Å². The third-order valence-corrected chi connectivity index (χ3v) is 2.13. The molecule has 1 aromatic rings. The molecule has 0 radical (unpaired) electrons. The summed E-state index contributed by atoms with van der Waals surface area (Å²) in [5.74, 6) is -1.08. The second kappa shape index (κ2) is 7.27. The molecule has 4 nitrogen and oxygen atoms in total. The Morgan fingerprint density at radius 1 is 1.06 bits per heavy atom. The van der Waals surface area contributed by atoms with Crippen molar-refractivity contribution in [2.24, 2.45) is 0 Å². The second-order valence-corrected chi connectivity index (χ2v) is 3.40. The summed E-state index contributed by atoms with van der Waals surface area (Å²) in [5, 5.41) is 0. The van der Waals surface area contributed by atoms with Crippen LogP contribution in [0.25, 0.3) is 5.57 Å². The SMILES string of the molecule is CCOC(=O)/C=C(\C(=O)OCC)c1ccccc1. The summed E-state index contributed by atoms with van der Waals surface area (Å²) >= 11 is 0. The maximum Gasteiger partial charge on any atom is 0.338 e. The van der Waals surface area contributed by atoms with E-state index in [0.717, 1.165) is 6.08 Å². The summed E-state index contributed by atoms with van der Waals surface area (Å²) in [6.07, 6.45) is 1.16. The van der Waals surface area contributed by atoms with Gasteiger partial charge in [0, 0.05) is 6.08 Å². The molecule has 0 aliphatic rings. The van der Waals surface area contributed by atoms with Crippen LogP contribution in [0, 0.1) is 0 Å². The van der Waals surface area contributed by atoms with E-state index >= 15 is 0 Å². The first-order chi connectivity index (χ1) is 8.69. The van der Waals surface area contributed by atoms with Crippen molar-refractivity contribution in [2.75, 3.05) is 13.2 Å². The Balaban J connectivity index is 3.03. The predicted octanol–water partition coefficient (Wildman–Crippen LogP) is 2.20. The highest BCUT2D eigenvalue weighted by Gasteiger charge is 2.15. The van der Waals surface area contributed by atoms with E-state index in [4.69, 9.17) is 9.47 Å². The van der Waals surface area contributed by atoms with Crippen molar-refractivity contribution in [2.45, 2.75) is 13.8 Å². The van der Waals surface area contributed by atoms with Crippen LogP contribution in [0.2, 0.25) is 0 Å². The van der Waals surface area contributed by atoms with Gasteiger partial charge in [-0.2, -0.15) is 0 Å². The lowest BCUT2D eigenvalue weighted by Crippen LogP contribution is -2.10. The fraction of sp³-hybridized carbons (Fsp3) is 0.286. The van der Waals surface area contributed by atoms with E-state index in [1.807, 2.05) is 6.07 Å². The first kappa shape index (κ1) is 14.0. The monoisotopic (exact) mass is 248 g/mol. The van der Waals surface area contributed by atoms with Crippen LogP contribution in [0.4, 0.5) is 0 Å². The zero-order chi connectivity index (χ0) is 13.4. The molecule has 1 aromatic carbocycles. The van der Waals surface area contributed by atoms with E-state index < -0.39 is 11.9 Å². The number of carbonyl (C=O) groups excluding carboxylic acids is 2. The van der Waals surface area contributed by atoms with Gasteiger partial charge in [0.1, 0.15) is 0 Å². The maximum atomic E-state index is 11.8. The Morgan fingerprint density at radius 3 is 2.22 bits per heavy atom. The molecule has 96 valence electrons. The Hall–Kier alpha value is -2.10. The van der Waals surface area contributed by atoms with E-state index in [1.54, 1.807) is 38.1 Å². The second-order valence-electron chi connectivity index (χ2n) is 3.40. The number of benzene rings is 1. The quantitative estimate of drug-likeness (QED) is 0.592. The molecule has 0 unspecified atom stereocenters. The minimum Gasteiger partial charge on any atom is -0.463 e. The molecule has 1 rings (SSSR count). The topological polar surface area (TPSA) is 52.6 Å². The molecule has 0 aliphatic heterocycles. The van der Waals surface area contributed by atoms with E-state index in [9.17, 15) is 9.59 Å². The van der Waals surface area contributed by atoms with Crippen molar-refractivity contribution in [3.05, 3.63) is 42.0 Å². The van der Waals surface area contributed by atoms with Crippen molar-refractivity contribution in [3.8, 4) is 0 Å². The number of esters is 2. The smallest absolute Gasteiger partial charge is 0.338 e. The van der Waals surface area contributed by atoms with E-state index in [0.29, 0.717) is 5.56 Å². The minimum atomic E-state index is -0.551. The van der Waals surface area contributed by atoms with Gasteiger partial charge in [0.2, 0.25) is 0 Å². The lowest BCUT2D eigenvalue weighted by atomic mass is 10.1. The van der Waals surface area contributed by atoms with Crippen LogP contribution in [-0.4, -0.2) is 25.2 Å². The normalized spacial score (nSPS) is 10.9. The lowest BCUT2D eigenvalue weighted by molar-refractivity contribution is -0.139. The fourth-order valence-electron chi connectivity index (χ4n) is 1.39. The van der Waals surface area contributed by atoms with Crippen molar-refractivity contribution >= 4 is 17.5 Å². The van der Waals surface area contributed by atoms with Crippen LogP contribution >= 0.6 is 0 Å². The summed E-state index contributed by atoms with van der Waals surface area (Å²) in [6.45, 7) is 3.94. The molecule has 0 saturated heterocycles. The molecule has 0 aromatic heterocycles. The van der Waals surface area contributed by atoms with Crippen LogP contribution in [0.15, 0.2) is 36.4 Å². The average molecular weight is 248 g/mol. The van der Waals surface area contributed by atoms with Crippen molar-refractivity contribution in [1.29, 1.82) is 0 Å². The Kier molecular flexibility index (Phi) is 5.64. The summed E-state index contributed by atoms with van der Waals surface area (Å²) in [7, 11) is 0. The molecule has 0 atom stereocenters. The largest absolute Gasteiger partial charge is 0.463 e. The molecule has 4 heteroatoms. The fourth-order valence-corrected chi connectivity index (χ4v) is 1.39. The molecule has 18 heavy (non-hydrogen) atoms. The maximum absolute atomic E-state index is 11.8. The first-order valence-electron chi connectivity index (χ1n) is 5.80. The van der Waals surface area contributed by atoms with Gasteiger partial charge < -0.3 is 9.47 Å². The highest BCUT2D eigenvalue weighted by Crippen LogP contribution is 2.16. The Bertz CT molecular complexity index is 434. The van der Waals surface area contributed by atoms with Gasteiger partial charge >= 0.3 is 11.9 Å². The van der Waals surface area contributed by atoms with Crippen molar-refractivity contribution in [3.63, 3.8) is 0 Å². The molecule has 0 fully saturated rings. The molecule has 0 bridgehead atoms.